The van der Waals surface area contributed by atoms with Crippen molar-refractivity contribution in [2.75, 3.05) is 21.3 Å². The summed E-state index contributed by atoms with van der Waals surface area (Å²) in [5.41, 5.74) is 0. The summed E-state index contributed by atoms with van der Waals surface area (Å²) in [7, 11) is 4.23. The molecule has 0 N–H and O–H groups in total. The molecule has 6 nitrogen and oxygen atoms in total. The maximum Gasteiger partial charge on any atom is 0.317 e. The highest BCUT2D eigenvalue weighted by Gasteiger charge is 2.50. The number of Topliss-reactive ketones (excluding diaryl/α,β-unsaturated/α-hetero) is 1. The van der Waals surface area contributed by atoms with E-state index in [1.807, 2.05) is 4.90 Å². The van der Waals surface area contributed by atoms with Gasteiger partial charge in [0.05, 0.1) is 14.2 Å². The Morgan fingerprint density at radius 1 is 1.00 bits per heavy atom. The molecule has 0 spiro atoms. The summed E-state index contributed by atoms with van der Waals surface area (Å²) in [6.07, 6.45) is 0. The van der Waals surface area contributed by atoms with Crippen molar-refractivity contribution in [2.45, 2.75) is 25.9 Å². The van der Waals surface area contributed by atoms with Crippen molar-refractivity contribution in [3.63, 3.8) is 0 Å². The van der Waals surface area contributed by atoms with Crippen LogP contribution in [0.1, 0.15) is 13.8 Å². The van der Waals surface area contributed by atoms with Crippen molar-refractivity contribution in [3.05, 3.63) is 0 Å². The van der Waals surface area contributed by atoms with Crippen LogP contribution in [0.15, 0.2) is 0 Å². The minimum atomic E-state index is -0.944. The Bertz CT molecular complexity index is 335. The fourth-order valence-corrected chi connectivity index (χ4v) is 2.39. The molecule has 0 aromatic heterocycles. The molecule has 102 valence electrons. The lowest BCUT2D eigenvalue weighted by atomic mass is 9.78. The van der Waals surface area contributed by atoms with Crippen LogP contribution in [0.2, 0.25) is 0 Å². The van der Waals surface area contributed by atoms with Crippen LogP contribution < -0.4 is 0 Å². The molecule has 0 aliphatic carbocycles. The van der Waals surface area contributed by atoms with Gasteiger partial charge >= 0.3 is 11.9 Å². The minimum Gasteiger partial charge on any atom is -0.468 e. The maximum atomic E-state index is 12.3. The number of carbonyl (C=O) groups is 3. The van der Waals surface area contributed by atoms with Crippen LogP contribution in [0.3, 0.4) is 0 Å². The summed E-state index contributed by atoms with van der Waals surface area (Å²) < 4.78 is 9.27. The largest absolute Gasteiger partial charge is 0.468 e. The quantitative estimate of drug-likeness (QED) is 0.506. The summed E-state index contributed by atoms with van der Waals surface area (Å²) in [6, 6.07) is -0.610. The Hall–Kier alpha value is -1.43. The van der Waals surface area contributed by atoms with Gasteiger partial charge in [-0.25, -0.2) is 0 Å². The molecular formula is C12H19NO5. The van der Waals surface area contributed by atoms with E-state index in [9.17, 15) is 14.4 Å². The molecular weight excluding hydrogens is 238 g/mol. The van der Waals surface area contributed by atoms with E-state index in [0.717, 1.165) is 0 Å². The Morgan fingerprint density at radius 3 is 1.61 bits per heavy atom. The van der Waals surface area contributed by atoms with Gasteiger partial charge in [-0.05, 0) is 20.9 Å². The lowest BCUT2D eigenvalue weighted by Crippen LogP contribution is -2.60. The molecule has 0 amide bonds. The first-order chi connectivity index (χ1) is 8.36. The van der Waals surface area contributed by atoms with Gasteiger partial charge in [0.15, 0.2) is 5.78 Å². The van der Waals surface area contributed by atoms with Crippen LogP contribution in [0.25, 0.3) is 0 Å². The number of hydrogen-bond donors (Lipinski definition) is 0. The Balaban J connectivity index is 3.12. The summed E-state index contributed by atoms with van der Waals surface area (Å²) in [5.74, 6) is -3.53. The van der Waals surface area contributed by atoms with Crippen molar-refractivity contribution in [1.82, 2.24) is 4.90 Å². The zero-order valence-corrected chi connectivity index (χ0v) is 11.3. The zero-order valence-electron chi connectivity index (χ0n) is 11.3. The van der Waals surface area contributed by atoms with E-state index < -0.39 is 29.6 Å². The van der Waals surface area contributed by atoms with Gasteiger partial charge in [0.2, 0.25) is 0 Å². The van der Waals surface area contributed by atoms with Gasteiger partial charge in [0, 0.05) is 12.1 Å². The minimum absolute atomic E-state index is 0.305. The highest BCUT2D eigenvalue weighted by atomic mass is 16.5. The van der Waals surface area contributed by atoms with Gasteiger partial charge in [0.1, 0.15) is 11.8 Å². The second-order valence-corrected chi connectivity index (χ2v) is 4.55. The Morgan fingerprint density at radius 2 is 1.33 bits per heavy atom. The summed E-state index contributed by atoms with van der Waals surface area (Å²) in [5, 5.41) is 0. The van der Waals surface area contributed by atoms with Gasteiger partial charge in [-0.3, -0.25) is 19.3 Å². The van der Waals surface area contributed by atoms with E-state index in [1.165, 1.54) is 14.2 Å². The molecule has 18 heavy (non-hydrogen) atoms. The number of carbonyl (C=O) groups excluding carboxylic acids is 3. The fourth-order valence-electron chi connectivity index (χ4n) is 2.39. The monoisotopic (exact) mass is 257 g/mol. The van der Waals surface area contributed by atoms with E-state index in [-0.39, 0.29) is 12.1 Å². The topological polar surface area (TPSA) is 72.9 Å². The molecule has 0 saturated carbocycles. The van der Waals surface area contributed by atoms with Crippen LogP contribution in [0, 0.1) is 11.8 Å². The molecule has 1 aliphatic heterocycles. The average Bonchev–Trinajstić information content (AvgIpc) is 2.35. The number of esters is 2. The van der Waals surface area contributed by atoms with Crippen molar-refractivity contribution in [1.29, 1.82) is 0 Å². The number of hydrogen-bond acceptors (Lipinski definition) is 6. The SMILES string of the molecule is COC(=O)[C@H]1C(=O)[C@H](C(=O)OC)[C@H](C)N(C)[C@@H]1C. The number of ketones is 1. The Kier molecular flexibility index (Phi) is 4.45. The second kappa shape index (κ2) is 5.48. The van der Waals surface area contributed by atoms with Crippen LogP contribution in [0.5, 0.6) is 0 Å². The van der Waals surface area contributed by atoms with Crippen molar-refractivity contribution in [3.8, 4) is 0 Å². The molecule has 4 atom stereocenters. The normalized spacial score (nSPS) is 33.1. The number of nitrogens with zero attached hydrogens (tertiary/aromatic N) is 1. The maximum absolute atomic E-state index is 12.3. The third kappa shape index (κ3) is 2.25. The molecule has 0 aromatic rings. The highest BCUT2D eigenvalue weighted by Crippen LogP contribution is 2.30. The summed E-state index contributed by atoms with van der Waals surface area (Å²) >= 11 is 0. The van der Waals surface area contributed by atoms with Crippen molar-refractivity contribution in [2.24, 2.45) is 11.8 Å². The highest BCUT2D eigenvalue weighted by molar-refractivity contribution is 6.10. The molecule has 0 radical (unpaired) electrons. The van der Waals surface area contributed by atoms with Crippen LogP contribution >= 0.6 is 0 Å². The molecule has 1 saturated heterocycles. The molecule has 1 heterocycles. The molecule has 6 heteroatoms. The average molecular weight is 257 g/mol. The number of methoxy groups -OCH3 is 2. The van der Waals surface area contributed by atoms with Crippen molar-refractivity contribution < 1.29 is 23.9 Å². The van der Waals surface area contributed by atoms with Crippen LogP contribution in [0.4, 0.5) is 0 Å². The number of rotatable bonds is 2. The Labute approximate surface area is 106 Å². The van der Waals surface area contributed by atoms with E-state index in [2.05, 4.69) is 9.47 Å². The van der Waals surface area contributed by atoms with Crippen molar-refractivity contribution >= 4 is 17.7 Å². The molecule has 0 unspecified atom stereocenters. The van der Waals surface area contributed by atoms with Crippen LogP contribution in [-0.4, -0.2) is 56.0 Å². The summed E-state index contributed by atoms with van der Waals surface area (Å²) in [4.78, 5) is 37.4. The first-order valence-corrected chi connectivity index (χ1v) is 5.78. The van der Waals surface area contributed by atoms with Gasteiger partial charge in [-0.1, -0.05) is 0 Å². The van der Waals surface area contributed by atoms with Gasteiger partial charge in [-0.15, -0.1) is 0 Å². The standard InChI is InChI=1S/C12H19NO5/c1-6-8(11(15)17-4)10(14)9(12(16)18-5)7(2)13(6)3/h6-9H,1-5H3/t6-,7+,8-,9-/m1/s1. The zero-order chi connectivity index (χ0) is 14.0. The predicted octanol–water partition coefficient (Wildman–Crippen LogP) is -0.144. The van der Waals surface area contributed by atoms with E-state index in [0.29, 0.717) is 0 Å². The number of ether oxygens (including phenoxy) is 2. The third-order valence-electron chi connectivity index (χ3n) is 3.77. The number of piperidine rings is 1. The van der Waals surface area contributed by atoms with E-state index >= 15 is 0 Å². The third-order valence-corrected chi connectivity index (χ3v) is 3.77. The van der Waals surface area contributed by atoms with Gasteiger partial charge in [0.25, 0.3) is 0 Å². The van der Waals surface area contributed by atoms with Gasteiger partial charge in [-0.2, -0.15) is 0 Å². The predicted molar refractivity (Wildman–Crippen MR) is 62.7 cm³/mol. The lowest BCUT2D eigenvalue weighted by molar-refractivity contribution is -0.165. The first-order valence-electron chi connectivity index (χ1n) is 5.78. The van der Waals surface area contributed by atoms with E-state index in [4.69, 9.17) is 0 Å². The summed E-state index contributed by atoms with van der Waals surface area (Å²) in [6.45, 7) is 3.53. The van der Waals surface area contributed by atoms with E-state index in [1.54, 1.807) is 20.9 Å². The van der Waals surface area contributed by atoms with Crippen LogP contribution in [-0.2, 0) is 23.9 Å². The molecule has 1 rings (SSSR count). The molecule has 0 bridgehead atoms. The smallest absolute Gasteiger partial charge is 0.317 e. The fraction of sp³-hybridized carbons (Fsp3) is 0.750. The molecule has 1 fully saturated rings. The lowest BCUT2D eigenvalue weighted by Gasteiger charge is -2.42. The second-order valence-electron chi connectivity index (χ2n) is 4.55. The number of likely N-dealkylation sites (tertiary alicyclic amines) is 1. The van der Waals surface area contributed by atoms with Gasteiger partial charge < -0.3 is 9.47 Å². The first kappa shape index (κ1) is 14.6. The molecule has 0 aromatic carbocycles. The molecule has 1 aliphatic rings.